The molecule has 33 rings (SSSR count). The van der Waals surface area contributed by atoms with Gasteiger partial charge in [0.1, 0.15) is 0 Å². The highest BCUT2D eigenvalue weighted by atomic mass is 15.2. The summed E-state index contributed by atoms with van der Waals surface area (Å²) < 4.78 is 14.5. The third-order valence-corrected chi connectivity index (χ3v) is 30.2. The number of hydrogen-bond acceptors (Lipinski definition) is 6. The van der Waals surface area contributed by atoms with Crippen LogP contribution < -0.4 is 0 Å². The smallest absolute Gasteiger partial charge is 0.235 e. The molecule has 0 saturated heterocycles. The normalized spacial score (nSPS) is 12.2. The lowest BCUT2D eigenvalue weighted by Crippen LogP contribution is -2.03. The van der Waals surface area contributed by atoms with Crippen LogP contribution in [-0.2, 0) is 0 Å². The van der Waals surface area contributed by atoms with Crippen molar-refractivity contribution in [2.24, 2.45) is 0 Å². The second kappa shape index (κ2) is 31.0. The number of rotatable bonds is 9. The maximum absolute atomic E-state index is 5.29. The Hall–Kier alpha value is -19.6. The first-order valence-electron chi connectivity index (χ1n) is 49.1. The van der Waals surface area contributed by atoms with Crippen molar-refractivity contribution < 1.29 is 0 Å². The van der Waals surface area contributed by atoms with Crippen LogP contribution >= 0.6 is 0 Å². The van der Waals surface area contributed by atoms with Gasteiger partial charge < -0.3 is 22.3 Å². The number of benzene rings is 21. The molecule has 0 atom stereocenters. The van der Waals surface area contributed by atoms with Crippen LogP contribution in [0.5, 0.6) is 0 Å². The van der Waals surface area contributed by atoms with E-state index in [2.05, 4.69) is 427 Å². The summed E-state index contributed by atoms with van der Waals surface area (Å²) in [7, 11) is 0. The van der Waals surface area contributed by atoms with E-state index in [-0.39, 0.29) is 0 Å². The van der Waals surface area contributed by atoms with Crippen LogP contribution in [0.1, 0.15) is 0 Å². The third-order valence-electron chi connectivity index (χ3n) is 30.2. The van der Waals surface area contributed by atoms with E-state index in [1.54, 1.807) is 0 Å². The fourth-order valence-corrected chi connectivity index (χ4v) is 24.1. The van der Waals surface area contributed by atoms with Gasteiger partial charge in [0, 0.05) is 125 Å². The van der Waals surface area contributed by atoms with Crippen LogP contribution in [0, 0.1) is 0 Å². The molecule has 0 unspecified atom stereocenters. The average molecular weight is 1830 g/mol. The lowest BCUT2D eigenvalue weighted by molar-refractivity contribution is 1.01. The Labute approximate surface area is 821 Å². The molecule has 0 bridgehead atoms. The highest BCUT2D eigenvalue weighted by molar-refractivity contribution is 6.35. The molecular formula is C132H78N12. The second-order valence-electron chi connectivity index (χ2n) is 37.8. The first kappa shape index (κ1) is 79.5. The van der Waals surface area contributed by atoms with Crippen molar-refractivity contribution in [3.8, 4) is 84.7 Å². The van der Waals surface area contributed by atoms with Crippen molar-refractivity contribution in [3.05, 3.63) is 473 Å². The molecule has 0 aliphatic carbocycles. The molecular weight excluding hydrogens is 1750 g/mol. The van der Waals surface area contributed by atoms with Gasteiger partial charge in [-0.2, -0.15) is 0 Å². The largest absolute Gasteiger partial charge is 0.309 e. The van der Waals surface area contributed by atoms with Crippen LogP contribution in [0.3, 0.4) is 0 Å². The van der Waals surface area contributed by atoms with Crippen LogP contribution in [0.4, 0.5) is 0 Å². The summed E-state index contributed by atoms with van der Waals surface area (Å²) in [6.45, 7) is 0. The highest BCUT2D eigenvalue weighted by Crippen LogP contribution is 2.51. The molecule has 12 nitrogen and oxygen atoms in total. The molecule has 0 radical (unpaired) electrons. The van der Waals surface area contributed by atoms with Crippen LogP contribution in [0.15, 0.2) is 473 Å². The minimum absolute atomic E-state index is 0.679. The molecule has 666 valence electrons. The van der Waals surface area contributed by atoms with E-state index in [9.17, 15) is 0 Å². The molecule has 21 aromatic carbocycles. The maximum Gasteiger partial charge on any atom is 0.235 e. The molecule has 144 heavy (non-hydrogen) atoms. The van der Waals surface area contributed by atoms with Gasteiger partial charge in [0.25, 0.3) is 0 Å². The van der Waals surface area contributed by atoms with Gasteiger partial charge in [0.15, 0.2) is 0 Å². The number of para-hydroxylation sites is 11. The Bertz CT molecular complexity index is 11100. The minimum atomic E-state index is 0.679. The van der Waals surface area contributed by atoms with E-state index < -0.39 is 0 Å². The van der Waals surface area contributed by atoms with E-state index in [1.807, 2.05) is 72.8 Å². The zero-order valence-electron chi connectivity index (χ0n) is 77.4. The number of aromatic nitrogens is 12. The van der Waals surface area contributed by atoms with E-state index in [0.717, 1.165) is 112 Å². The molecule has 0 spiro atoms. The lowest BCUT2D eigenvalue weighted by Gasteiger charge is -2.13. The number of nitrogens with zero attached hydrogens (tertiary/aromatic N) is 12. The van der Waals surface area contributed by atoms with Gasteiger partial charge in [-0.15, -0.1) is 0 Å². The van der Waals surface area contributed by atoms with Gasteiger partial charge in [-0.1, -0.05) is 346 Å². The van der Waals surface area contributed by atoms with Crippen molar-refractivity contribution in [2.45, 2.75) is 0 Å². The Morgan fingerprint density at radius 1 is 0.125 bits per heavy atom. The monoisotopic (exact) mass is 1830 g/mol. The zero-order valence-corrected chi connectivity index (χ0v) is 77.4. The molecule has 0 aliphatic heterocycles. The van der Waals surface area contributed by atoms with Crippen molar-refractivity contribution in [1.29, 1.82) is 0 Å². The fraction of sp³-hybridized carbons (Fsp3) is 0. The Morgan fingerprint density at radius 2 is 0.354 bits per heavy atom. The molecule has 33 aromatic rings. The minimum Gasteiger partial charge on any atom is -0.309 e. The van der Waals surface area contributed by atoms with Crippen molar-refractivity contribution in [3.63, 3.8) is 0 Å². The summed E-state index contributed by atoms with van der Waals surface area (Å²) in [5, 5.41) is 23.9. The predicted octanol–water partition coefficient (Wildman–Crippen LogP) is 33.6. The summed E-state index contributed by atoms with van der Waals surface area (Å²) in [4.78, 5) is 31.1. The van der Waals surface area contributed by atoms with Gasteiger partial charge in [-0.3, -0.25) is 4.57 Å². The Balaban J connectivity index is 0.0000000993. The summed E-state index contributed by atoms with van der Waals surface area (Å²) in [5.74, 6) is 0.679. The SMILES string of the molecule is c1ccc(-c2ccc(-c3nc4ccccc4nc3-c3ccc(-n4c5cccc6c7cccc8c9ccccc9n(c9cccc4c9c65)c78)cc3)cc2)cc1.c1ccc(-c2nc(-n3c4cccc5c6cccc7c8ccccc8n(c8cccc3c8c54)c67)nc3ccccc23)cc1.c1ccc(-c2nc3ccccc3nc2-c2ccc(-n3c4cccc5c6cccc7c8ccccc8n(c8cccc3c8c54)c67)cc2)cc1. The van der Waals surface area contributed by atoms with E-state index in [0.29, 0.717) is 5.95 Å². The summed E-state index contributed by atoms with van der Waals surface area (Å²) in [6.07, 6.45) is 0. The molecule has 0 amide bonds. The molecule has 12 heterocycles. The predicted molar refractivity (Wildman–Crippen MR) is 598 cm³/mol. The molecule has 12 aromatic heterocycles. The third kappa shape index (κ3) is 11.6. The Kier molecular flexibility index (Phi) is 17.1. The first-order chi connectivity index (χ1) is 71.5. The van der Waals surface area contributed by atoms with E-state index in [4.69, 9.17) is 29.9 Å². The van der Waals surface area contributed by atoms with Gasteiger partial charge >= 0.3 is 0 Å². The maximum atomic E-state index is 5.29. The second-order valence-corrected chi connectivity index (χ2v) is 37.8. The molecule has 0 N–H and O–H groups in total. The van der Waals surface area contributed by atoms with Gasteiger partial charge in [-0.05, 0) is 155 Å². The number of fused-ring (bicyclic) bond motifs is 18. The quantitative estimate of drug-likeness (QED) is 0.143. The molecule has 0 aliphatic rings. The molecule has 12 heteroatoms. The summed E-state index contributed by atoms with van der Waals surface area (Å²) in [6, 6.07) is 169. The van der Waals surface area contributed by atoms with Crippen molar-refractivity contribution in [2.75, 3.05) is 0 Å². The summed E-state index contributed by atoms with van der Waals surface area (Å²) in [5.41, 5.74) is 36.8. The van der Waals surface area contributed by atoms with Crippen molar-refractivity contribution in [1.82, 2.24) is 56.8 Å². The molecule has 0 fully saturated rings. The standard InChI is InChI=1S/C50H30N4.C44H26N4.C38H22N4/c1-2-11-31(12-3-1)32-23-25-33(26-24-32)48-49(52-41-18-6-5-17-40(41)51-48)34-27-29-35(30-28-34)53-43-20-9-14-37-39-16-8-15-38-36-13-4-7-19-42(36)54(50(38)39)45-22-10-21-44(53)47(45)46(37)43;1-2-11-27(12-3-1)42-43(46-35-18-6-5-17-34(35)45-42)28-23-25-29(26-24-28)47-37-20-9-14-31-33-16-8-15-32-30-13-4-7-19-36(30)48(44(32)33)39-22-10-21-38(47)41(39)40(31)37;1-2-11-23(12-3-1)36-28-14-4-6-18-29(28)39-38(40-36)42-31-20-9-15-25-27-17-8-16-26-24-13-5-7-19-30(24)41(37(26)27)32-21-10-22-33(42)35(32)34(25)31/h1-30H;1-26H;1-22H. The van der Waals surface area contributed by atoms with Gasteiger partial charge in [0.05, 0.1) is 139 Å². The van der Waals surface area contributed by atoms with Gasteiger partial charge in [-0.25, -0.2) is 29.9 Å². The number of hydrogen-bond donors (Lipinski definition) is 0. The van der Waals surface area contributed by atoms with Crippen LogP contribution in [0.2, 0.25) is 0 Å². The van der Waals surface area contributed by atoms with Crippen LogP contribution in [0.25, 0.3) is 297 Å². The van der Waals surface area contributed by atoms with Gasteiger partial charge in [0.2, 0.25) is 5.95 Å². The Morgan fingerprint density at radius 3 is 0.729 bits per heavy atom. The van der Waals surface area contributed by atoms with Crippen molar-refractivity contribution >= 4 is 213 Å². The highest BCUT2D eigenvalue weighted by Gasteiger charge is 2.29. The van der Waals surface area contributed by atoms with E-state index in [1.165, 1.54) is 180 Å². The first-order valence-corrected chi connectivity index (χ1v) is 49.1. The summed E-state index contributed by atoms with van der Waals surface area (Å²) >= 11 is 0. The van der Waals surface area contributed by atoms with Crippen LogP contribution in [-0.4, -0.2) is 56.8 Å². The fourth-order valence-electron chi connectivity index (χ4n) is 24.1. The topological polar surface area (TPSA) is 105 Å². The van der Waals surface area contributed by atoms with E-state index >= 15 is 0 Å². The lowest BCUT2D eigenvalue weighted by atomic mass is 9.99. The zero-order chi connectivity index (χ0) is 94.0. The average Bonchev–Trinajstić information content (AvgIpc) is 1.54. The molecule has 0 saturated carbocycles.